The number of amides is 1. The van der Waals surface area contributed by atoms with E-state index in [0.29, 0.717) is 11.3 Å². The number of carbonyl (C=O) groups excluding carboxylic acids is 1. The number of nitrogens with zero attached hydrogens (tertiary/aromatic N) is 1. The van der Waals surface area contributed by atoms with Crippen LogP contribution in [0.1, 0.15) is 47.4 Å². The van der Waals surface area contributed by atoms with Gasteiger partial charge in [0.1, 0.15) is 0 Å². The lowest BCUT2D eigenvalue weighted by Crippen LogP contribution is -2.23. The van der Waals surface area contributed by atoms with Gasteiger partial charge in [0, 0.05) is 24.3 Å². The van der Waals surface area contributed by atoms with E-state index in [0.717, 1.165) is 31.6 Å². The highest BCUT2D eigenvalue weighted by molar-refractivity contribution is 6.07. The molecule has 0 aliphatic carbocycles. The van der Waals surface area contributed by atoms with Crippen LogP contribution in [-0.2, 0) is 0 Å². The Bertz CT molecular complexity index is 726. The minimum Gasteiger partial charge on any atom is -0.478 e. The molecule has 0 saturated carbocycles. The van der Waals surface area contributed by atoms with Gasteiger partial charge in [0.15, 0.2) is 0 Å². The first kappa shape index (κ1) is 18.5. The average molecular weight is 340 g/mol. The number of hydrogen-bond donors (Lipinski definition) is 2. The highest BCUT2D eigenvalue weighted by Crippen LogP contribution is 2.19. The Kier molecular flexibility index (Phi) is 6.57. The predicted octanol–water partition coefficient (Wildman–Crippen LogP) is 4.26. The molecule has 0 radical (unpaired) electrons. The Balaban J connectivity index is 2.12. The lowest BCUT2D eigenvalue weighted by molar-refractivity contribution is 0.0698. The van der Waals surface area contributed by atoms with Crippen LogP contribution < -0.4 is 10.2 Å². The van der Waals surface area contributed by atoms with E-state index in [-0.39, 0.29) is 11.5 Å². The molecule has 5 heteroatoms. The summed E-state index contributed by atoms with van der Waals surface area (Å²) in [6.45, 7) is 6.18. The van der Waals surface area contributed by atoms with Gasteiger partial charge in [0.2, 0.25) is 0 Å². The van der Waals surface area contributed by atoms with Crippen molar-refractivity contribution >= 4 is 23.3 Å². The van der Waals surface area contributed by atoms with Crippen molar-refractivity contribution in [3.05, 3.63) is 59.7 Å². The summed E-state index contributed by atoms with van der Waals surface area (Å²) in [5.74, 6) is -1.39. The first-order chi connectivity index (χ1) is 12.1. The van der Waals surface area contributed by atoms with Crippen molar-refractivity contribution in [1.82, 2.24) is 0 Å². The maximum absolute atomic E-state index is 12.4. The summed E-state index contributed by atoms with van der Waals surface area (Å²) in [4.78, 5) is 25.9. The standard InChI is InChI=1S/C20H24N2O3/c1-3-5-14-22(4-2)16-12-10-15(11-13-16)19(23)21-18-9-7-6-8-17(18)20(24)25/h6-13H,3-5,14H2,1-2H3,(H,21,23)(H,24,25). The minimum atomic E-state index is -1.07. The molecule has 2 rings (SSSR count). The molecule has 0 atom stereocenters. The number of carboxylic acid groups (broad SMARTS) is 1. The fraction of sp³-hybridized carbons (Fsp3) is 0.300. The lowest BCUT2D eigenvalue weighted by Gasteiger charge is -2.23. The summed E-state index contributed by atoms with van der Waals surface area (Å²) in [6.07, 6.45) is 2.27. The first-order valence-electron chi connectivity index (χ1n) is 8.55. The van der Waals surface area contributed by atoms with Gasteiger partial charge >= 0.3 is 5.97 Å². The van der Waals surface area contributed by atoms with Crippen molar-refractivity contribution in [2.75, 3.05) is 23.3 Å². The van der Waals surface area contributed by atoms with E-state index >= 15 is 0 Å². The average Bonchev–Trinajstić information content (AvgIpc) is 2.63. The minimum absolute atomic E-state index is 0.0733. The van der Waals surface area contributed by atoms with Crippen LogP contribution in [-0.4, -0.2) is 30.1 Å². The summed E-state index contributed by atoms with van der Waals surface area (Å²) in [5.41, 5.74) is 1.94. The van der Waals surface area contributed by atoms with Crippen LogP contribution in [0.5, 0.6) is 0 Å². The molecule has 0 aliphatic rings. The maximum Gasteiger partial charge on any atom is 0.337 e. The molecule has 2 aromatic carbocycles. The monoisotopic (exact) mass is 340 g/mol. The fourth-order valence-electron chi connectivity index (χ4n) is 2.62. The van der Waals surface area contributed by atoms with Crippen LogP contribution in [0, 0.1) is 0 Å². The Morgan fingerprint density at radius 1 is 1.04 bits per heavy atom. The van der Waals surface area contributed by atoms with Gasteiger partial charge in [-0.15, -0.1) is 0 Å². The third-order valence-corrected chi connectivity index (χ3v) is 4.06. The summed E-state index contributed by atoms with van der Waals surface area (Å²) in [5, 5.41) is 11.9. The molecule has 0 fully saturated rings. The van der Waals surface area contributed by atoms with E-state index in [1.165, 1.54) is 6.07 Å². The number of para-hydroxylation sites is 1. The molecule has 2 aromatic rings. The Morgan fingerprint density at radius 3 is 2.32 bits per heavy atom. The van der Waals surface area contributed by atoms with Crippen LogP contribution in [0.15, 0.2) is 48.5 Å². The predicted molar refractivity (Wildman–Crippen MR) is 101 cm³/mol. The second-order valence-electron chi connectivity index (χ2n) is 5.78. The molecule has 5 nitrogen and oxygen atoms in total. The maximum atomic E-state index is 12.4. The summed E-state index contributed by atoms with van der Waals surface area (Å²) < 4.78 is 0. The van der Waals surface area contributed by atoms with E-state index in [1.807, 2.05) is 12.1 Å². The number of hydrogen-bond acceptors (Lipinski definition) is 3. The molecule has 25 heavy (non-hydrogen) atoms. The van der Waals surface area contributed by atoms with Gasteiger partial charge in [0.25, 0.3) is 5.91 Å². The number of aromatic carboxylic acids is 1. The normalized spacial score (nSPS) is 10.3. The van der Waals surface area contributed by atoms with E-state index in [9.17, 15) is 14.7 Å². The van der Waals surface area contributed by atoms with E-state index < -0.39 is 5.97 Å². The number of carbonyl (C=O) groups is 2. The van der Waals surface area contributed by atoms with Crippen LogP contribution in [0.3, 0.4) is 0 Å². The molecule has 0 bridgehead atoms. The van der Waals surface area contributed by atoms with Gasteiger partial charge in [-0.1, -0.05) is 25.5 Å². The molecule has 2 N–H and O–H groups in total. The van der Waals surface area contributed by atoms with Crippen LogP contribution in [0.25, 0.3) is 0 Å². The Morgan fingerprint density at radius 2 is 1.72 bits per heavy atom. The van der Waals surface area contributed by atoms with Crippen molar-refractivity contribution in [1.29, 1.82) is 0 Å². The molecule has 0 unspecified atom stereocenters. The van der Waals surface area contributed by atoms with Crippen LogP contribution in [0.2, 0.25) is 0 Å². The summed E-state index contributed by atoms with van der Waals surface area (Å²) >= 11 is 0. The van der Waals surface area contributed by atoms with Gasteiger partial charge in [-0.05, 0) is 49.7 Å². The zero-order chi connectivity index (χ0) is 18.2. The van der Waals surface area contributed by atoms with Gasteiger partial charge < -0.3 is 15.3 Å². The van der Waals surface area contributed by atoms with E-state index in [2.05, 4.69) is 24.1 Å². The largest absolute Gasteiger partial charge is 0.478 e. The highest BCUT2D eigenvalue weighted by atomic mass is 16.4. The third-order valence-electron chi connectivity index (χ3n) is 4.06. The topological polar surface area (TPSA) is 69.6 Å². The zero-order valence-corrected chi connectivity index (χ0v) is 14.7. The first-order valence-corrected chi connectivity index (χ1v) is 8.55. The molecular weight excluding hydrogens is 316 g/mol. The second-order valence-corrected chi connectivity index (χ2v) is 5.78. The number of rotatable bonds is 8. The van der Waals surface area contributed by atoms with Gasteiger partial charge in [-0.2, -0.15) is 0 Å². The summed E-state index contributed by atoms with van der Waals surface area (Å²) in [7, 11) is 0. The molecule has 0 heterocycles. The van der Waals surface area contributed by atoms with Gasteiger partial charge in [-0.3, -0.25) is 4.79 Å². The van der Waals surface area contributed by atoms with Crippen molar-refractivity contribution < 1.29 is 14.7 Å². The Hall–Kier alpha value is -2.82. The molecule has 0 aliphatic heterocycles. The SMILES string of the molecule is CCCCN(CC)c1ccc(C(=O)Nc2ccccc2C(=O)O)cc1. The zero-order valence-electron chi connectivity index (χ0n) is 14.7. The number of anilines is 2. The highest BCUT2D eigenvalue weighted by Gasteiger charge is 2.13. The molecule has 0 spiro atoms. The van der Waals surface area contributed by atoms with Crippen molar-refractivity contribution in [2.24, 2.45) is 0 Å². The smallest absolute Gasteiger partial charge is 0.337 e. The third kappa shape index (κ3) is 4.83. The quantitative estimate of drug-likeness (QED) is 0.753. The van der Waals surface area contributed by atoms with E-state index in [4.69, 9.17) is 0 Å². The van der Waals surface area contributed by atoms with Crippen molar-refractivity contribution in [2.45, 2.75) is 26.7 Å². The van der Waals surface area contributed by atoms with E-state index in [1.54, 1.807) is 30.3 Å². The van der Waals surface area contributed by atoms with Crippen LogP contribution >= 0.6 is 0 Å². The van der Waals surface area contributed by atoms with Crippen LogP contribution in [0.4, 0.5) is 11.4 Å². The number of unbranched alkanes of at least 4 members (excludes halogenated alkanes) is 1. The fourth-order valence-corrected chi connectivity index (χ4v) is 2.62. The van der Waals surface area contributed by atoms with Gasteiger partial charge in [0.05, 0.1) is 11.3 Å². The molecular formula is C20H24N2O3. The Labute approximate surface area is 148 Å². The summed E-state index contributed by atoms with van der Waals surface area (Å²) in [6, 6.07) is 13.8. The molecule has 0 aromatic heterocycles. The second kappa shape index (κ2) is 8.87. The number of nitrogens with one attached hydrogen (secondary N) is 1. The van der Waals surface area contributed by atoms with Crippen molar-refractivity contribution in [3.63, 3.8) is 0 Å². The number of benzene rings is 2. The number of carboxylic acids is 1. The molecule has 132 valence electrons. The van der Waals surface area contributed by atoms with Gasteiger partial charge in [-0.25, -0.2) is 4.79 Å². The molecule has 1 amide bonds. The van der Waals surface area contributed by atoms with Crippen molar-refractivity contribution in [3.8, 4) is 0 Å². The lowest BCUT2D eigenvalue weighted by atomic mass is 10.1. The molecule has 0 saturated heterocycles.